The van der Waals surface area contributed by atoms with Crippen LogP contribution in [0.5, 0.6) is 5.75 Å². The minimum absolute atomic E-state index is 0.0560. The number of nitrogens with zero attached hydrogens (tertiary/aromatic N) is 1. The lowest BCUT2D eigenvalue weighted by atomic mass is 9.96. The van der Waals surface area contributed by atoms with Gasteiger partial charge in [0.2, 0.25) is 12.3 Å². The van der Waals surface area contributed by atoms with Gasteiger partial charge in [0.1, 0.15) is 5.75 Å². The van der Waals surface area contributed by atoms with Crippen molar-refractivity contribution < 1.29 is 18.3 Å². The Balaban J connectivity index is 1.53. The van der Waals surface area contributed by atoms with E-state index in [1.807, 2.05) is 18.2 Å². The molecule has 0 aromatic heterocycles. The van der Waals surface area contributed by atoms with E-state index in [1.165, 1.54) is 6.08 Å². The van der Waals surface area contributed by atoms with Crippen LogP contribution in [0.1, 0.15) is 17.5 Å². The molecular weight excluding hydrogens is 276 g/mol. The molecule has 0 bridgehead atoms. The van der Waals surface area contributed by atoms with Crippen molar-refractivity contribution in [2.75, 3.05) is 19.7 Å². The Morgan fingerprint density at radius 1 is 1.43 bits per heavy atom. The highest BCUT2D eigenvalue weighted by atomic mass is 19.3. The number of benzene rings is 1. The van der Waals surface area contributed by atoms with Gasteiger partial charge in [-0.15, -0.1) is 0 Å². The molecule has 112 valence electrons. The summed E-state index contributed by atoms with van der Waals surface area (Å²) in [4.78, 5) is 13.5. The van der Waals surface area contributed by atoms with Crippen molar-refractivity contribution in [1.29, 1.82) is 0 Å². The fourth-order valence-electron chi connectivity index (χ4n) is 2.73. The smallest absolute Gasteiger partial charge is 0.246 e. The molecule has 1 aromatic carbocycles. The summed E-state index contributed by atoms with van der Waals surface area (Å²) in [6.07, 6.45) is 1.78. The van der Waals surface area contributed by atoms with Crippen LogP contribution in [0, 0.1) is 5.92 Å². The average molecular weight is 293 g/mol. The zero-order valence-corrected chi connectivity index (χ0v) is 11.6. The minimum atomic E-state index is -2.28. The molecule has 0 spiro atoms. The highest BCUT2D eigenvalue weighted by Gasteiger charge is 2.31. The molecule has 2 heterocycles. The van der Waals surface area contributed by atoms with Crippen LogP contribution in [0.2, 0.25) is 0 Å². The SMILES string of the molecule is O=C(/C=C/c1ccc2c(c1)CCO2)N1CC(CC(F)F)C1. The summed E-state index contributed by atoms with van der Waals surface area (Å²) in [6.45, 7) is 1.58. The summed E-state index contributed by atoms with van der Waals surface area (Å²) in [6, 6.07) is 5.83. The van der Waals surface area contributed by atoms with E-state index in [-0.39, 0.29) is 18.2 Å². The molecule has 0 atom stereocenters. The number of carbonyl (C=O) groups is 1. The third kappa shape index (κ3) is 3.23. The third-order valence-electron chi connectivity index (χ3n) is 3.91. The maximum atomic E-state index is 12.2. The zero-order valence-electron chi connectivity index (χ0n) is 11.6. The number of alkyl halides is 2. The summed E-state index contributed by atoms with van der Waals surface area (Å²) in [5.74, 6) is 0.743. The number of rotatable bonds is 4. The first-order valence-corrected chi connectivity index (χ1v) is 7.12. The van der Waals surface area contributed by atoms with Crippen LogP contribution >= 0.6 is 0 Å². The average Bonchev–Trinajstić information content (AvgIpc) is 2.86. The number of hydrogen-bond acceptors (Lipinski definition) is 2. The highest BCUT2D eigenvalue weighted by Crippen LogP contribution is 2.26. The first kappa shape index (κ1) is 14.0. The van der Waals surface area contributed by atoms with Gasteiger partial charge in [-0.2, -0.15) is 0 Å². The van der Waals surface area contributed by atoms with Gasteiger partial charge in [-0.3, -0.25) is 4.79 Å². The van der Waals surface area contributed by atoms with Gasteiger partial charge in [0, 0.05) is 32.0 Å². The summed E-state index contributed by atoms with van der Waals surface area (Å²) in [5, 5.41) is 0. The number of amides is 1. The Bertz CT molecular complexity index is 565. The summed E-state index contributed by atoms with van der Waals surface area (Å²) in [5.41, 5.74) is 2.11. The van der Waals surface area contributed by atoms with E-state index in [0.717, 1.165) is 23.3 Å². The van der Waals surface area contributed by atoms with Crippen molar-refractivity contribution in [3.8, 4) is 5.75 Å². The molecule has 0 saturated carbocycles. The first-order chi connectivity index (χ1) is 10.1. The van der Waals surface area contributed by atoms with Gasteiger partial charge in [-0.1, -0.05) is 6.07 Å². The van der Waals surface area contributed by atoms with E-state index >= 15 is 0 Å². The molecule has 1 amide bonds. The van der Waals surface area contributed by atoms with Gasteiger partial charge < -0.3 is 9.64 Å². The van der Waals surface area contributed by atoms with Crippen LogP contribution < -0.4 is 4.74 Å². The van der Waals surface area contributed by atoms with E-state index in [1.54, 1.807) is 11.0 Å². The largest absolute Gasteiger partial charge is 0.493 e. The van der Waals surface area contributed by atoms with Crippen molar-refractivity contribution >= 4 is 12.0 Å². The van der Waals surface area contributed by atoms with Gasteiger partial charge in [-0.05, 0) is 35.3 Å². The topological polar surface area (TPSA) is 29.5 Å². The standard InChI is InChI=1S/C16H17F2NO2/c17-15(18)8-12-9-19(10-12)16(20)4-2-11-1-3-14-13(7-11)5-6-21-14/h1-4,7,12,15H,5-6,8-10H2/b4-2+. The molecule has 0 N–H and O–H groups in total. The van der Waals surface area contributed by atoms with Gasteiger partial charge in [0.05, 0.1) is 6.61 Å². The number of hydrogen-bond donors (Lipinski definition) is 0. The summed E-state index contributed by atoms with van der Waals surface area (Å²) < 4.78 is 29.8. The molecule has 2 aliphatic heterocycles. The summed E-state index contributed by atoms with van der Waals surface area (Å²) in [7, 11) is 0. The number of halogens is 2. The Morgan fingerprint density at radius 3 is 3.00 bits per heavy atom. The number of ether oxygens (including phenoxy) is 1. The van der Waals surface area contributed by atoms with Crippen molar-refractivity contribution in [3.63, 3.8) is 0 Å². The van der Waals surface area contributed by atoms with Crippen LogP contribution in [-0.2, 0) is 11.2 Å². The molecule has 3 rings (SSSR count). The molecule has 5 heteroatoms. The van der Waals surface area contributed by atoms with Crippen LogP contribution in [0.25, 0.3) is 6.08 Å². The van der Waals surface area contributed by atoms with Crippen molar-refractivity contribution in [3.05, 3.63) is 35.4 Å². The highest BCUT2D eigenvalue weighted by molar-refractivity contribution is 5.92. The quantitative estimate of drug-likeness (QED) is 0.799. The van der Waals surface area contributed by atoms with E-state index in [4.69, 9.17) is 4.74 Å². The van der Waals surface area contributed by atoms with Crippen LogP contribution in [0.15, 0.2) is 24.3 Å². The lowest BCUT2D eigenvalue weighted by Gasteiger charge is -2.38. The Kier molecular flexibility index (Phi) is 3.90. The van der Waals surface area contributed by atoms with Gasteiger partial charge >= 0.3 is 0 Å². The Labute approximate surface area is 122 Å². The lowest BCUT2D eigenvalue weighted by molar-refractivity contribution is -0.133. The molecule has 2 aliphatic rings. The van der Waals surface area contributed by atoms with Crippen LogP contribution in [0.3, 0.4) is 0 Å². The molecule has 1 aromatic rings. The fourth-order valence-corrected chi connectivity index (χ4v) is 2.73. The van der Waals surface area contributed by atoms with Gasteiger partial charge in [-0.25, -0.2) is 8.78 Å². The Hall–Kier alpha value is -1.91. The Morgan fingerprint density at radius 2 is 2.24 bits per heavy atom. The molecule has 0 aliphatic carbocycles. The van der Waals surface area contributed by atoms with Crippen molar-refractivity contribution in [2.45, 2.75) is 19.3 Å². The fraction of sp³-hybridized carbons (Fsp3) is 0.438. The molecule has 1 saturated heterocycles. The molecular formula is C16H17F2NO2. The van der Waals surface area contributed by atoms with Crippen LogP contribution in [0.4, 0.5) is 8.78 Å². The molecule has 0 radical (unpaired) electrons. The maximum absolute atomic E-state index is 12.2. The second kappa shape index (κ2) is 5.84. The minimum Gasteiger partial charge on any atom is -0.493 e. The predicted octanol–water partition coefficient (Wildman–Crippen LogP) is 2.75. The zero-order chi connectivity index (χ0) is 14.8. The number of carbonyl (C=O) groups excluding carboxylic acids is 1. The van der Waals surface area contributed by atoms with Crippen molar-refractivity contribution in [2.24, 2.45) is 5.92 Å². The summed E-state index contributed by atoms with van der Waals surface area (Å²) >= 11 is 0. The third-order valence-corrected chi connectivity index (χ3v) is 3.91. The van der Waals surface area contributed by atoms with Crippen molar-refractivity contribution in [1.82, 2.24) is 4.90 Å². The monoisotopic (exact) mass is 293 g/mol. The second-order valence-electron chi connectivity index (χ2n) is 5.53. The van der Waals surface area contributed by atoms with E-state index in [2.05, 4.69) is 0 Å². The van der Waals surface area contributed by atoms with E-state index < -0.39 is 6.43 Å². The maximum Gasteiger partial charge on any atom is 0.246 e. The molecule has 1 fully saturated rings. The molecule has 3 nitrogen and oxygen atoms in total. The lowest BCUT2D eigenvalue weighted by Crippen LogP contribution is -2.49. The number of likely N-dealkylation sites (tertiary alicyclic amines) is 1. The normalized spacial score (nSPS) is 18.0. The molecule has 0 unspecified atom stereocenters. The van der Waals surface area contributed by atoms with E-state index in [0.29, 0.717) is 19.7 Å². The van der Waals surface area contributed by atoms with E-state index in [9.17, 15) is 13.6 Å². The van der Waals surface area contributed by atoms with Gasteiger partial charge in [0.25, 0.3) is 0 Å². The van der Waals surface area contributed by atoms with Crippen LogP contribution in [-0.4, -0.2) is 36.9 Å². The number of fused-ring (bicyclic) bond motifs is 1. The predicted molar refractivity (Wildman–Crippen MR) is 75.4 cm³/mol. The molecule has 21 heavy (non-hydrogen) atoms. The van der Waals surface area contributed by atoms with Gasteiger partial charge in [0.15, 0.2) is 0 Å². The second-order valence-corrected chi connectivity index (χ2v) is 5.53. The first-order valence-electron chi connectivity index (χ1n) is 7.12.